The van der Waals surface area contributed by atoms with Crippen molar-refractivity contribution in [2.75, 3.05) is 5.32 Å². The minimum absolute atomic E-state index is 0.0259. The molecule has 2 heterocycles. The van der Waals surface area contributed by atoms with E-state index < -0.39 is 0 Å². The minimum atomic E-state index is -0.219. The van der Waals surface area contributed by atoms with Gasteiger partial charge in [-0.1, -0.05) is 25.5 Å². The Morgan fingerprint density at radius 3 is 2.74 bits per heavy atom. The number of carbonyl (C=O) groups is 1. The maximum absolute atomic E-state index is 13.0. The molecule has 1 N–H and O–H groups in total. The summed E-state index contributed by atoms with van der Waals surface area (Å²) in [6.45, 7) is 2.07. The molecule has 1 aliphatic rings. The van der Waals surface area contributed by atoms with E-state index in [4.69, 9.17) is 0 Å². The number of nitrogens with zero attached hydrogens (tertiary/aromatic N) is 2. The van der Waals surface area contributed by atoms with Crippen molar-refractivity contribution in [3.05, 3.63) is 57.0 Å². The number of aromatic nitrogens is 2. The molecule has 0 unspecified atom stereocenters. The molecule has 1 amide bonds. The van der Waals surface area contributed by atoms with Crippen LogP contribution in [0.15, 0.2) is 35.4 Å². The third-order valence-corrected chi connectivity index (χ3v) is 6.35. The molecule has 140 valence electrons. The fourth-order valence-electron chi connectivity index (χ4n) is 3.65. The van der Waals surface area contributed by atoms with Crippen molar-refractivity contribution in [2.24, 2.45) is 0 Å². The number of aryl methyl sites for hydroxylation is 3. The van der Waals surface area contributed by atoms with Gasteiger partial charge in [0.05, 0.1) is 11.7 Å². The molecule has 0 saturated carbocycles. The zero-order chi connectivity index (χ0) is 18.8. The van der Waals surface area contributed by atoms with Gasteiger partial charge in [0.2, 0.25) is 5.91 Å². The molecular formula is C21H23N3O2S. The fourth-order valence-corrected chi connectivity index (χ4v) is 4.87. The van der Waals surface area contributed by atoms with Crippen molar-refractivity contribution in [2.45, 2.75) is 52.0 Å². The smallest absolute Gasteiger partial charge is 0.262 e. The van der Waals surface area contributed by atoms with Gasteiger partial charge in [0.1, 0.15) is 11.4 Å². The molecule has 4 rings (SSSR count). The van der Waals surface area contributed by atoms with Crippen LogP contribution in [0.5, 0.6) is 0 Å². The number of rotatable bonds is 4. The van der Waals surface area contributed by atoms with E-state index in [-0.39, 0.29) is 18.0 Å². The summed E-state index contributed by atoms with van der Waals surface area (Å²) in [6, 6.07) is 7.77. The van der Waals surface area contributed by atoms with Crippen LogP contribution in [0, 0.1) is 0 Å². The highest BCUT2D eigenvalue weighted by atomic mass is 32.1. The number of benzene rings is 1. The maximum Gasteiger partial charge on any atom is 0.262 e. The first-order valence-electron chi connectivity index (χ1n) is 9.54. The van der Waals surface area contributed by atoms with Crippen molar-refractivity contribution in [3.63, 3.8) is 0 Å². The lowest BCUT2D eigenvalue weighted by Crippen LogP contribution is -2.28. The summed E-state index contributed by atoms with van der Waals surface area (Å²) in [6.07, 6.45) is 7.92. The van der Waals surface area contributed by atoms with E-state index in [0.717, 1.165) is 47.2 Å². The van der Waals surface area contributed by atoms with Gasteiger partial charge in [0.15, 0.2) is 0 Å². The summed E-state index contributed by atoms with van der Waals surface area (Å²) >= 11 is 1.64. The molecular weight excluding hydrogens is 358 g/mol. The zero-order valence-electron chi connectivity index (χ0n) is 15.5. The van der Waals surface area contributed by atoms with Crippen LogP contribution in [0.3, 0.4) is 0 Å². The summed E-state index contributed by atoms with van der Waals surface area (Å²) in [5.41, 5.74) is 3.02. The summed E-state index contributed by atoms with van der Waals surface area (Å²) in [4.78, 5) is 32.0. The summed E-state index contributed by atoms with van der Waals surface area (Å²) in [5, 5.41) is 3.58. The fraction of sp³-hybridized carbons (Fsp3) is 0.381. The van der Waals surface area contributed by atoms with Crippen molar-refractivity contribution in [1.82, 2.24) is 9.55 Å². The number of carbonyl (C=O) groups excluding carboxylic acids is 1. The minimum Gasteiger partial charge on any atom is -0.325 e. The number of hydrogen-bond donors (Lipinski definition) is 1. The van der Waals surface area contributed by atoms with Crippen LogP contribution < -0.4 is 10.9 Å². The van der Waals surface area contributed by atoms with Crippen LogP contribution in [-0.4, -0.2) is 15.5 Å². The van der Waals surface area contributed by atoms with Crippen LogP contribution >= 0.6 is 11.3 Å². The van der Waals surface area contributed by atoms with E-state index in [9.17, 15) is 9.59 Å². The van der Waals surface area contributed by atoms with Gasteiger partial charge in [-0.05, 0) is 55.4 Å². The first kappa shape index (κ1) is 17.9. The second kappa shape index (κ2) is 7.64. The molecule has 0 radical (unpaired) electrons. The van der Waals surface area contributed by atoms with Gasteiger partial charge < -0.3 is 5.32 Å². The third kappa shape index (κ3) is 3.67. The second-order valence-corrected chi connectivity index (χ2v) is 8.10. The molecule has 0 fully saturated rings. The molecule has 0 aliphatic heterocycles. The Kier molecular flexibility index (Phi) is 5.07. The monoisotopic (exact) mass is 381 g/mol. The first-order chi connectivity index (χ1) is 13.2. The zero-order valence-corrected chi connectivity index (χ0v) is 16.3. The summed E-state index contributed by atoms with van der Waals surface area (Å²) < 4.78 is 1.43. The number of hydrogen-bond acceptors (Lipinski definition) is 4. The quantitative estimate of drug-likeness (QED) is 0.697. The van der Waals surface area contributed by atoms with E-state index in [0.29, 0.717) is 0 Å². The predicted octanol–water partition coefficient (Wildman–Crippen LogP) is 3.93. The summed E-state index contributed by atoms with van der Waals surface area (Å²) in [5.74, 6) is -0.219. The highest BCUT2D eigenvalue weighted by Gasteiger charge is 2.19. The lowest BCUT2D eigenvalue weighted by molar-refractivity contribution is -0.116. The largest absolute Gasteiger partial charge is 0.325 e. The maximum atomic E-state index is 13.0. The normalized spacial score (nSPS) is 14.0. The Labute approximate surface area is 162 Å². The average Bonchev–Trinajstić information content (AvgIpc) is 2.87. The van der Waals surface area contributed by atoms with Gasteiger partial charge in [-0.25, -0.2) is 4.98 Å². The highest BCUT2D eigenvalue weighted by molar-refractivity contribution is 7.18. The molecule has 0 spiro atoms. The molecule has 0 atom stereocenters. The van der Waals surface area contributed by atoms with Gasteiger partial charge in [0.25, 0.3) is 5.56 Å². The Morgan fingerprint density at radius 2 is 1.96 bits per heavy atom. The number of nitrogens with one attached hydrogen (secondary N) is 1. The Bertz CT molecular complexity index is 1030. The Hall–Kier alpha value is -2.47. The molecule has 27 heavy (non-hydrogen) atoms. The van der Waals surface area contributed by atoms with Crippen molar-refractivity contribution in [3.8, 4) is 0 Å². The molecule has 1 aliphatic carbocycles. The molecule has 0 saturated heterocycles. The van der Waals surface area contributed by atoms with E-state index >= 15 is 0 Å². The molecule has 1 aromatic carbocycles. The lowest BCUT2D eigenvalue weighted by atomic mass is 10.1. The van der Waals surface area contributed by atoms with Gasteiger partial charge in [-0.2, -0.15) is 0 Å². The topological polar surface area (TPSA) is 64.0 Å². The van der Waals surface area contributed by atoms with Gasteiger partial charge in [0, 0.05) is 10.6 Å². The van der Waals surface area contributed by atoms with Crippen LogP contribution in [-0.2, 0) is 30.6 Å². The third-order valence-electron chi connectivity index (χ3n) is 5.15. The number of anilines is 1. The van der Waals surface area contributed by atoms with Crippen molar-refractivity contribution >= 4 is 33.1 Å². The van der Waals surface area contributed by atoms with Crippen LogP contribution in [0.2, 0.25) is 0 Å². The second-order valence-electron chi connectivity index (χ2n) is 7.02. The van der Waals surface area contributed by atoms with E-state index in [2.05, 4.69) is 17.2 Å². The number of fused-ring (bicyclic) bond motifs is 3. The first-order valence-corrected chi connectivity index (χ1v) is 10.4. The predicted molar refractivity (Wildman–Crippen MR) is 110 cm³/mol. The van der Waals surface area contributed by atoms with Crippen LogP contribution in [0.4, 0.5) is 5.69 Å². The number of amides is 1. The molecule has 2 aromatic heterocycles. The van der Waals surface area contributed by atoms with E-state index in [1.165, 1.54) is 34.2 Å². The molecule has 3 aromatic rings. The van der Waals surface area contributed by atoms with Gasteiger partial charge in [-0.15, -0.1) is 11.3 Å². The van der Waals surface area contributed by atoms with E-state index in [1.807, 2.05) is 24.3 Å². The Morgan fingerprint density at radius 1 is 1.19 bits per heavy atom. The Balaban J connectivity index is 1.58. The van der Waals surface area contributed by atoms with Crippen molar-refractivity contribution < 1.29 is 4.79 Å². The standard InChI is InChI=1S/C21H23N3O2S/c1-2-14-8-10-15(11-9-14)23-18(25)12-24-13-22-20-19(21(24)26)16-6-4-3-5-7-17(16)27-20/h8-11,13H,2-7,12H2,1H3,(H,23,25). The molecule has 0 bridgehead atoms. The van der Waals surface area contributed by atoms with Gasteiger partial charge >= 0.3 is 0 Å². The highest BCUT2D eigenvalue weighted by Crippen LogP contribution is 2.32. The van der Waals surface area contributed by atoms with Crippen LogP contribution in [0.25, 0.3) is 10.2 Å². The van der Waals surface area contributed by atoms with Gasteiger partial charge in [-0.3, -0.25) is 14.2 Å². The van der Waals surface area contributed by atoms with Crippen LogP contribution in [0.1, 0.15) is 42.2 Å². The van der Waals surface area contributed by atoms with E-state index in [1.54, 1.807) is 11.3 Å². The number of thiophene rings is 1. The SMILES string of the molecule is CCc1ccc(NC(=O)Cn2cnc3sc4c(c3c2=O)CCCCC4)cc1. The molecule has 5 nitrogen and oxygen atoms in total. The van der Waals surface area contributed by atoms with Crippen molar-refractivity contribution in [1.29, 1.82) is 0 Å². The summed E-state index contributed by atoms with van der Waals surface area (Å²) in [7, 11) is 0. The lowest BCUT2D eigenvalue weighted by Gasteiger charge is -2.08. The average molecular weight is 382 g/mol. The molecule has 6 heteroatoms.